The molecule has 0 fully saturated rings. The number of nitrogens with one attached hydrogen (secondary N) is 2. The lowest BCUT2D eigenvalue weighted by Crippen LogP contribution is -2.15. The Morgan fingerprint density at radius 3 is 2.68 bits per heavy atom. The van der Waals surface area contributed by atoms with Crippen molar-refractivity contribution in [3.63, 3.8) is 0 Å². The van der Waals surface area contributed by atoms with Crippen LogP contribution >= 0.6 is 11.8 Å². The molecule has 1 aliphatic rings. The van der Waals surface area contributed by atoms with Crippen molar-refractivity contribution >= 4 is 29.3 Å². The maximum Gasteiger partial charge on any atom is 0.251 e. The number of rotatable bonds is 5. The zero-order chi connectivity index (χ0) is 18.0. The first-order valence-corrected chi connectivity index (χ1v) is 9.29. The minimum atomic E-state index is -0.0941. The molecule has 130 valence electrons. The lowest BCUT2D eigenvalue weighted by atomic mass is 10.1. The van der Waals surface area contributed by atoms with Gasteiger partial charge in [-0.25, -0.2) is 9.97 Å². The SMILES string of the molecule is CSc1nc(C)c(CCC(=O)Nc2ccc3c(c2)C(=O)NC3)c(C)n1. The molecule has 1 aromatic heterocycles. The molecule has 3 rings (SSSR count). The molecule has 0 aliphatic carbocycles. The van der Waals surface area contributed by atoms with Crippen LogP contribution in [0, 0.1) is 13.8 Å². The molecule has 0 atom stereocenters. The number of hydrogen-bond donors (Lipinski definition) is 2. The Kier molecular flexibility index (Phi) is 5.03. The number of anilines is 1. The van der Waals surface area contributed by atoms with Crippen molar-refractivity contribution in [1.82, 2.24) is 15.3 Å². The van der Waals surface area contributed by atoms with E-state index in [4.69, 9.17) is 0 Å². The summed E-state index contributed by atoms with van der Waals surface area (Å²) >= 11 is 1.51. The van der Waals surface area contributed by atoms with Gasteiger partial charge in [-0.1, -0.05) is 17.8 Å². The Morgan fingerprint density at radius 1 is 1.28 bits per heavy atom. The summed E-state index contributed by atoms with van der Waals surface area (Å²) in [6, 6.07) is 5.42. The number of carbonyl (C=O) groups excluding carboxylic acids is 2. The Labute approximate surface area is 150 Å². The van der Waals surface area contributed by atoms with Crippen LogP contribution in [-0.4, -0.2) is 28.0 Å². The molecule has 2 N–H and O–H groups in total. The fraction of sp³-hybridized carbons (Fsp3) is 0.333. The van der Waals surface area contributed by atoms with Crippen LogP contribution in [-0.2, 0) is 17.8 Å². The van der Waals surface area contributed by atoms with E-state index in [1.807, 2.05) is 32.2 Å². The number of fused-ring (bicyclic) bond motifs is 1. The van der Waals surface area contributed by atoms with Crippen LogP contribution in [0.2, 0.25) is 0 Å². The van der Waals surface area contributed by atoms with Gasteiger partial charge in [-0.15, -0.1) is 0 Å². The summed E-state index contributed by atoms with van der Waals surface area (Å²) in [5, 5.41) is 6.38. The second-order valence-corrected chi connectivity index (χ2v) is 6.74. The van der Waals surface area contributed by atoms with Crippen LogP contribution < -0.4 is 10.6 Å². The molecule has 0 unspecified atom stereocenters. The average molecular weight is 356 g/mol. The zero-order valence-corrected chi connectivity index (χ0v) is 15.3. The standard InChI is InChI=1S/C18H20N4O2S/c1-10-14(11(2)21-18(20-10)25-3)6-7-16(23)22-13-5-4-12-9-19-17(24)15(12)8-13/h4-5,8H,6-7,9H2,1-3H3,(H,19,24)(H,22,23). The highest BCUT2D eigenvalue weighted by Crippen LogP contribution is 2.21. The minimum Gasteiger partial charge on any atom is -0.348 e. The van der Waals surface area contributed by atoms with Crippen molar-refractivity contribution in [2.45, 2.75) is 38.4 Å². The van der Waals surface area contributed by atoms with E-state index in [9.17, 15) is 9.59 Å². The first kappa shape index (κ1) is 17.4. The van der Waals surface area contributed by atoms with E-state index in [-0.39, 0.29) is 11.8 Å². The molecule has 2 amide bonds. The van der Waals surface area contributed by atoms with Crippen LogP contribution in [0.5, 0.6) is 0 Å². The fourth-order valence-corrected chi connectivity index (χ4v) is 3.37. The van der Waals surface area contributed by atoms with Gasteiger partial charge in [0.2, 0.25) is 5.91 Å². The number of hydrogen-bond acceptors (Lipinski definition) is 5. The normalized spacial score (nSPS) is 12.7. The third-order valence-electron chi connectivity index (χ3n) is 4.26. The predicted molar refractivity (Wildman–Crippen MR) is 97.8 cm³/mol. The maximum atomic E-state index is 12.3. The van der Waals surface area contributed by atoms with Crippen molar-refractivity contribution in [3.8, 4) is 0 Å². The number of aromatic nitrogens is 2. The zero-order valence-electron chi connectivity index (χ0n) is 14.5. The average Bonchev–Trinajstić information content (AvgIpc) is 2.94. The first-order chi connectivity index (χ1) is 12.0. The molecule has 6 nitrogen and oxygen atoms in total. The van der Waals surface area contributed by atoms with Gasteiger partial charge in [0, 0.05) is 35.6 Å². The van der Waals surface area contributed by atoms with E-state index >= 15 is 0 Å². The van der Waals surface area contributed by atoms with Crippen LogP contribution in [0.3, 0.4) is 0 Å². The third kappa shape index (κ3) is 3.82. The number of thioether (sulfide) groups is 1. The second-order valence-electron chi connectivity index (χ2n) is 5.96. The van der Waals surface area contributed by atoms with Gasteiger partial charge in [0.1, 0.15) is 0 Å². The lowest BCUT2D eigenvalue weighted by molar-refractivity contribution is -0.116. The van der Waals surface area contributed by atoms with E-state index in [0.29, 0.717) is 30.6 Å². The van der Waals surface area contributed by atoms with Crippen molar-refractivity contribution < 1.29 is 9.59 Å². The summed E-state index contributed by atoms with van der Waals surface area (Å²) in [5.41, 5.74) is 5.08. The highest BCUT2D eigenvalue weighted by Gasteiger charge is 2.19. The molecule has 1 aromatic carbocycles. The molecule has 0 saturated carbocycles. The topological polar surface area (TPSA) is 84.0 Å². The van der Waals surface area contributed by atoms with E-state index in [2.05, 4.69) is 20.6 Å². The Hall–Kier alpha value is -2.41. The molecular weight excluding hydrogens is 336 g/mol. The Balaban J connectivity index is 1.64. The van der Waals surface area contributed by atoms with Gasteiger partial charge in [-0.05, 0) is 49.8 Å². The van der Waals surface area contributed by atoms with Gasteiger partial charge in [-0.2, -0.15) is 0 Å². The molecule has 0 saturated heterocycles. The quantitative estimate of drug-likeness (QED) is 0.635. The third-order valence-corrected chi connectivity index (χ3v) is 4.81. The first-order valence-electron chi connectivity index (χ1n) is 8.07. The Bertz CT molecular complexity index is 828. The number of amides is 2. The maximum absolute atomic E-state index is 12.3. The number of aryl methyl sites for hydroxylation is 2. The Morgan fingerprint density at radius 2 is 2.00 bits per heavy atom. The second kappa shape index (κ2) is 7.23. The summed E-state index contributed by atoms with van der Waals surface area (Å²) in [4.78, 5) is 32.8. The number of carbonyl (C=O) groups is 2. The lowest BCUT2D eigenvalue weighted by Gasteiger charge is -2.10. The predicted octanol–water partition coefficient (Wildman–Crippen LogP) is 2.63. The van der Waals surface area contributed by atoms with Gasteiger partial charge in [0.15, 0.2) is 5.16 Å². The summed E-state index contributed by atoms with van der Waals surface area (Å²) < 4.78 is 0. The van der Waals surface area contributed by atoms with Gasteiger partial charge < -0.3 is 10.6 Å². The summed E-state index contributed by atoms with van der Waals surface area (Å²) in [5.74, 6) is -0.186. The summed E-state index contributed by atoms with van der Waals surface area (Å²) in [6.07, 6.45) is 2.87. The number of nitrogens with zero attached hydrogens (tertiary/aromatic N) is 2. The largest absolute Gasteiger partial charge is 0.348 e. The fourth-order valence-electron chi connectivity index (χ4n) is 2.91. The molecule has 7 heteroatoms. The van der Waals surface area contributed by atoms with Gasteiger partial charge >= 0.3 is 0 Å². The highest BCUT2D eigenvalue weighted by atomic mass is 32.2. The summed E-state index contributed by atoms with van der Waals surface area (Å²) in [7, 11) is 0. The number of benzene rings is 1. The highest BCUT2D eigenvalue weighted by molar-refractivity contribution is 7.98. The molecule has 2 heterocycles. The van der Waals surface area contributed by atoms with Crippen LogP contribution in [0.25, 0.3) is 0 Å². The van der Waals surface area contributed by atoms with Gasteiger partial charge in [0.05, 0.1) is 0 Å². The van der Waals surface area contributed by atoms with E-state index < -0.39 is 0 Å². The van der Waals surface area contributed by atoms with Crippen LogP contribution in [0.1, 0.15) is 39.3 Å². The smallest absolute Gasteiger partial charge is 0.251 e. The van der Waals surface area contributed by atoms with E-state index in [1.165, 1.54) is 11.8 Å². The van der Waals surface area contributed by atoms with E-state index in [1.54, 1.807) is 6.07 Å². The van der Waals surface area contributed by atoms with Crippen LogP contribution in [0.4, 0.5) is 5.69 Å². The van der Waals surface area contributed by atoms with Crippen molar-refractivity contribution in [1.29, 1.82) is 0 Å². The van der Waals surface area contributed by atoms with Gasteiger partial charge in [-0.3, -0.25) is 9.59 Å². The van der Waals surface area contributed by atoms with Crippen LogP contribution in [0.15, 0.2) is 23.4 Å². The summed E-state index contributed by atoms with van der Waals surface area (Å²) in [6.45, 7) is 4.44. The molecule has 0 radical (unpaired) electrons. The van der Waals surface area contributed by atoms with E-state index in [0.717, 1.165) is 27.7 Å². The molecule has 0 bridgehead atoms. The van der Waals surface area contributed by atoms with Crippen molar-refractivity contribution in [2.24, 2.45) is 0 Å². The molecule has 1 aliphatic heterocycles. The molecular formula is C18H20N4O2S. The molecule has 2 aromatic rings. The monoisotopic (exact) mass is 356 g/mol. The molecule has 0 spiro atoms. The van der Waals surface area contributed by atoms with Crippen molar-refractivity contribution in [2.75, 3.05) is 11.6 Å². The van der Waals surface area contributed by atoms with Crippen molar-refractivity contribution in [3.05, 3.63) is 46.3 Å². The minimum absolute atomic E-state index is 0.0916. The van der Waals surface area contributed by atoms with Gasteiger partial charge in [0.25, 0.3) is 5.91 Å². The molecule has 25 heavy (non-hydrogen) atoms.